The highest BCUT2D eigenvalue weighted by atomic mass is 16.5. The highest BCUT2D eigenvalue weighted by molar-refractivity contribution is 5.90. The molecule has 2 aromatic carbocycles. The van der Waals surface area contributed by atoms with E-state index in [1.54, 1.807) is 7.11 Å². The predicted octanol–water partition coefficient (Wildman–Crippen LogP) is 2.52. The van der Waals surface area contributed by atoms with Crippen LogP contribution in [0.25, 0.3) is 0 Å². The van der Waals surface area contributed by atoms with Gasteiger partial charge < -0.3 is 14.6 Å². The third-order valence-electron chi connectivity index (χ3n) is 6.41. The quantitative estimate of drug-likeness (QED) is 0.667. The fourth-order valence-electron chi connectivity index (χ4n) is 4.76. The van der Waals surface area contributed by atoms with Gasteiger partial charge in [0, 0.05) is 39.1 Å². The van der Waals surface area contributed by atoms with Crippen molar-refractivity contribution in [2.45, 2.75) is 26.1 Å². The number of ether oxygens (including phenoxy) is 1. The van der Waals surface area contributed by atoms with E-state index in [4.69, 9.17) is 4.74 Å². The summed E-state index contributed by atoms with van der Waals surface area (Å²) in [6.07, 6.45) is 0.878. The van der Waals surface area contributed by atoms with Crippen LogP contribution in [0.2, 0.25) is 0 Å². The van der Waals surface area contributed by atoms with Crippen LogP contribution >= 0.6 is 0 Å². The molecular weight excluding hydrogens is 390 g/mol. The maximum Gasteiger partial charge on any atom is 0.289 e. The van der Waals surface area contributed by atoms with Gasteiger partial charge in [0.15, 0.2) is 0 Å². The molecule has 1 fully saturated rings. The molecule has 2 atom stereocenters. The van der Waals surface area contributed by atoms with E-state index < -0.39 is 0 Å². The van der Waals surface area contributed by atoms with Crippen molar-refractivity contribution < 1.29 is 9.53 Å². The van der Waals surface area contributed by atoms with Gasteiger partial charge in [-0.15, -0.1) is 10.2 Å². The van der Waals surface area contributed by atoms with Gasteiger partial charge in [0.25, 0.3) is 5.91 Å². The van der Waals surface area contributed by atoms with Gasteiger partial charge in [0.2, 0.25) is 5.82 Å². The van der Waals surface area contributed by atoms with Crippen LogP contribution in [-0.2, 0) is 26.1 Å². The maximum absolute atomic E-state index is 12.7. The van der Waals surface area contributed by atoms with E-state index in [1.807, 2.05) is 47.0 Å². The summed E-state index contributed by atoms with van der Waals surface area (Å²) in [5.74, 6) is 3.16. The Balaban J connectivity index is 1.22. The van der Waals surface area contributed by atoms with Crippen molar-refractivity contribution >= 4 is 5.91 Å². The van der Waals surface area contributed by atoms with Gasteiger partial charge in [-0.1, -0.05) is 42.5 Å². The van der Waals surface area contributed by atoms with E-state index in [9.17, 15) is 4.79 Å². The van der Waals surface area contributed by atoms with Gasteiger partial charge >= 0.3 is 0 Å². The van der Waals surface area contributed by atoms with Crippen molar-refractivity contribution in [2.75, 3.05) is 20.2 Å². The number of rotatable bonds is 6. The zero-order valence-electron chi connectivity index (χ0n) is 17.7. The third kappa shape index (κ3) is 4.18. The molecule has 1 saturated heterocycles. The Labute approximate surface area is 182 Å². The molecule has 1 N–H and O–H groups in total. The molecule has 1 aromatic heterocycles. The van der Waals surface area contributed by atoms with Crippen LogP contribution in [0.4, 0.5) is 0 Å². The van der Waals surface area contributed by atoms with Gasteiger partial charge in [-0.2, -0.15) is 0 Å². The summed E-state index contributed by atoms with van der Waals surface area (Å²) in [4.78, 5) is 15.3. The van der Waals surface area contributed by atoms with E-state index in [0.29, 0.717) is 24.2 Å². The number of nitrogens with one attached hydrogen (secondary N) is 1. The number of benzene rings is 2. The summed E-state index contributed by atoms with van der Waals surface area (Å²) in [7, 11) is 1.69. The Hall–Kier alpha value is -3.19. The molecule has 0 bridgehead atoms. The fourth-order valence-corrected chi connectivity index (χ4v) is 4.76. The standard InChI is InChI=1S/C24H27N5O2/c1-31-21-9-7-18(8-10-21)13-28-14-19-11-22-26-27-23(29(22)16-20(19)15-28)24(30)25-12-17-5-3-2-4-6-17/h2-10,19-20H,11-16H2,1H3,(H,25,30)/t19-,20+/m1/s1. The highest BCUT2D eigenvalue weighted by Crippen LogP contribution is 2.33. The lowest BCUT2D eigenvalue weighted by atomic mass is 9.89. The Kier molecular flexibility index (Phi) is 5.42. The van der Waals surface area contributed by atoms with Gasteiger partial charge in [0.05, 0.1) is 7.11 Å². The molecule has 2 aliphatic heterocycles. The van der Waals surface area contributed by atoms with Crippen molar-refractivity contribution in [3.8, 4) is 5.75 Å². The topological polar surface area (TPSA) is 72.3 Å². The first-order chi connectivity index (χ1) is 15.2. The van der Waals surface area contributed by atoms with Crippen LogP contribution in [0.3, 0.4) is 0 Å². The molecular formula is C24H27N5O2. The number of amides is 1. The summed E-state index contributed by atoms with van der Waals surface area (Å²) in [6, 6.07) is 18.2. The second-order valence-electron chi connectivity index (χ2n) is 8.49. The minimum Gasteiger partial charge on any atom is -0.497 e. The van der Waals surface area contributed by atoms with Gasteiger partial charge in [-0.25, -0.2) is 0 Å². The van der Waals surface area contributed by atoms with Crippen molar-refractivity contribution in [3.63, 3.8) is 0 Å². The summed E-state index contributed by atoms with van der Waals surface area (Å²) in [5, 5.41) is 11.5. The minimum atomic E-state index is -0.158. The Bertz CT molecular complexity index is 1050. The predicted molar refractivity (Wildman–Crippen MR) is 117 cm³/mol. The Morgan fingerprint density at radius 2 is 1.77 bits per heavy atom. The van der Waals surface area contributed by atoms with E-state index in [2.05, 4.69) is 32.5 Å². The number of nitrogens with zero attached hydrogens (tertiary/aromatic N) is 4. The van der Waals surface area contributed by atoms with Crippen molar-refractivity contribution in [2.24, 2.45) is 11.8 Å². The highest BCUT2D eigenvalue weighted by Gasteiger charge is 2.39. The van der Waals surface area contributed by atoms with Crippen LogP contribution in [0.5, 0.6) is 5.75 Å². The number of methoxy groups -OCH3 is 1. The molecule has 1 amide bonds. The lowest BCUT2D eigenvalue weighted by Crippen LogP contribution is -2.32. The molecule has 0 radical (unpaired) electrons. The average molecular weight is 418 g/mol. The summed E-state index contributed by atoms with van der Waals surface area (Å²) in [6.45, 7) is 4.31. The largest absolute Gasteiger partial charge is 0.497 e. The van der Waals surface area contributed by atoms with Crippen LogP contribution in [-0.4, -0.2) is 45.8 Å². The second kappa shape index (κ2) is 8.51. The van der Waals surface area contributed by atoms with Crippen molar-refractivity contribution in [1.29, 1.82) is 0 Å². The number of likely N-dealkylation sites (tertiary alicyclic amines) is 1. The molecule has 7 heteroatoms. The number of fused-ring (bicyclic) bond motifs is 2. The summed E-state index contributed by atoms with van der Waals surface area (Å²) in [5.41, 5.74) is 2.36. The zero-order chi connectivity index (χ0) is 21.2. The molecule has 2 aliphatic rings. The normalized spacial score (nSPS) is 20.2. The van der Waals surface area contributed by atoms with E-state index in [-0.39, 0.29) is 5.91 Å². The number of hydrogen-bond donors (Lipinski definition) is 1. The molecule has 160 valence electrons. The molecule has 31 heavy (non-hydrogen) atoms. The second-order valence-corrected chi connectivity index (χ2v) is 8.49. The zero-order valence-corrected chi connectivity index (χ0v) is 17.7. The van der Waals surface area contributed by atoms with Gasteiger partial charge in [0.1, 0.15) is 11.6 Å². The van der Waals surface area contributed by atoms with Crippen LogP contribution < -0.4 is 10.1 Å². The van der Waals surface area contributed by atoms with E-state index >= 15 is 0 Å². The molecule has 0 aliphatic carbocycles. The molecule has 0 spiro atoms. The van der Waals surface area contributed by atoms with Crippen LogP contribution in [0, 0.1) is 11.8 Å². The number of aromatic nitrogens is 3. The first-order valence-corrected chi connectivity index (χ1v) is 10.8. The molecule has 3 heterocycles. The summed E-state index contributed by atoms with van der Waals surface area (Å²) < 4.78 is 7.28. The molecule has 7 nitrogen and oxygen atoms in total. The van der Waals surface area contributed by atoms with Crippen LogP contribution in [0.15, 0.2) is 54.6 Å². The molecule has 0 saturated carbocycles. The van der Waals surface area contributed by atoms with E-state index in [1.165, 1.54) is 5.56 Å². The van der Waals surface area contributed by atoms with Gasteiger partial charge in [-0.05, 0) is 35.1 Å². The van der Waals surface area contributed by atoms with Crippen LogP contribution in [0.1, 0.15) is 27.6 Å². The minimum absolute atomic E-state index is 0.158. The third-order valence-corrected chi connectivity index (χ3v) is 6.41. The SMILES string of the molecule is COc1ccc(CN2C[C@H]3Cc4nnc(C(=O)NCc5ccccc5)n4C[C@@H]3C2)cc1. The molecule has 0 unspecified atom stereocenters. The average Bonchev–Trinajstić information content (AvgIpc) is 3.39. The number of hydrogen-bond acceptors (Lipinski definition) is 5. The monoisotopic (exact) mass is 417 g/mol. The van der Waals surface area contributed by atoms with E-state index in [0.717, 1.165) is 49.7 Å². The van der Waals surface area contributed by atoms with Crippen molar-refractivity contribution in [3.05, 3.63) is 77.4 Å². The lowest BCUT2D eigenvalue weighted by Gasteiger charge is -2.25. The fraction of sp³-hybridized carbons (Fsp3) is 0.375. The van der Waals surface area contributed by atoms with Crippen molar-refractivity contribution in [1.82, 2.24) is 25.0 Å². The Morgan fingerprint density at radius 3 is 2.55 bits per heavy atom. The van der Waals surface area contributed by atoms with Gasteiger partial charge in [-0.3, -0.25) is 9.69 Å². The lowest BCUT2D eigenvalue weighted by molar-refractivity contribution is 0.0932. The molecule has 3 aromatic rings. The maximum atomic E-state index is 12.7. The Morgan fingerprint density at radius 1 is 1.00 bits per heavy atom. The summed E-state index contributed by atoms with van der Waals surface area (Å²) >= 11 is 0. The molecule has 5 rings (SSSR count). The first kappa shape index (κ1) is 19.8. The first-order valence-electron chi connectivity index (χ1n) is 10.8. The smallest absolute Gasteiger partial charge is 0.289 e. The number of carbonyl (C=O) groups is 1. The number of carbonyl (C=O) groups excluding carboxylic acids is 1.